The third kappa shape index (κ3) is 3.82. The molecule has 0 unspecified atom stereocenters. The van der Waals surface area contributed by atoms with Gasteiger partial charge in [-0.15, -0.1) is 0 Å². The summed E-state index contributed by atoms with van der Waals surface area (Å²) in [5.74, 6) is -0.385. The lowest BCUT2D eigenvalue weighted by molar-refractivity contribution is -0.123. The Morgan fingerprint density at radius 2 is 1.88 bits per heavy atom. The highest BCUT2D eigenvalue weighted by atomic mass is 35.5. The summed E-state index contributed by atoms with van der Waals surface area (Å²) >= 11 is 12.7. The maximum atomic E-state index is 12.6. The van der Waals surface area contributed by atoms with Gasteiger partial charge in [-0.25, -0.2) is 0 Å². The summed E-state index contributed by atoms with van der Waals surface area (Å²) in [7, 11) is 1.40. The smallest absolute Gasteiger partial charge is 0.293 e. The van der Waals surface area contributed by atoms with E-state index in [0.29, 0.717) is 10.6 Å². The largest absolute Gasteiger partial charge is 0.503 e. The van der Waals surface area contributed by atoms with Gasteiger partial charge in [0.1, 0.15) is 0 Å². The van der Waals surface area contributed by atoms with E-state index in [0.717, 1.165) is 17.3 Å². The van der Waals surface area contributed by atoms with Gasteiger partial charge in [-0.05, 0) is 53.2 Å². The van der Waals surface area contributed by atoms with Crippen molar-refractivity contribution in [2.45, 2.75) is 6.54 Å². The van der Waals surface area contributed by atoms with Crippen molar-refractivity contribution in [3.05, 3.63) is 62.5 Å². The molecule has 1 N–H and O–H groups in total. The average Bonchev–Trinajstić information content (AvgIpc) is 2.87. The number of hydrogen-bond donors (Lipinski definition) is 1. The van der Waals surface area contributed by atoms with Crippen LogP contribution in [0.2, 0.25) is 10.0 Å². The van der Waals surface area contributed by atoms with Crippen molar-refractivity contribution in [2.24, 2.45) is 0 Å². The Labute approximate surface area is 164 Å². The molecule has 0 aromatic heterocycles. The first kappa shape index (κ1) is 18.6. The number of aromatic hydroxyl groups is 1. The molecule has 134 valence electrons. The zero-order valence-corrected chi connectivity index (χ0v) is 15.9. The fraction of sp³-hybridized carbons (Fsp3) is 0.111. The summed E-state index contributed by atoms with van der Waals surface area (Å²) in [6.45, 7) is 0.166. The summed E-state index contributed by atoms with van der Waals surface area (Å²) < 4.78 is 5.05. The number of amides is 2. The van der Waals surface area contributed by atoms with E-state index in [2.05, 4.69) is 0 Å². The molecular formula is C18H13Cl2NO4S. The van der Waals surface area contributed by atoms with Crippen molar-refractivity contribution in [2.75, 3.05) is 7.11 Å². The summed E-state index contributed by atoms with van der Waals surface area (Å²) in [6, 6.07) is 9.97. The van der Waals surface area contributed by atoms with Crippen LogP contribution >= 0.6 is 35.0 Å². The van der Waals surface area contributed by atoms with Crippen LogP contribution in [0.25, 0.3) is 6.08 Å². The molecule has 0 aliphatic carbocycles. The number of methoxy groups -OCH3 is 1. The van der Waals surface area contributed by atoms with Crippen LogP contribution in [0.1, 0.15) is 11.1 Å². The Hall–Kier alpha value is -2.15. The van der Waals surface area contributed by atoms with E-state index in [1.54, 1.807) is 30.3 Å². The first-order chi connectivity index (χ1) is 12.4. The average molecular weight is 410 g/mol. The second-order valence-electron chi connectivity index (χ2n) is 5.45. The number of halogens is 2. The van der Waals surface area contributed by atoms with Gasteiger partial charge < -0.3 is 9.84 Å². The number of imide groups is 1. The normalized spacial score (nSPS) is 15.8. The molecule has 1 heterocycles. The molecule has 0 saturated carbocycles. The molecular weight excluding hydrogens is 397 g/mol. The Kier molecular flexibility index (Phi) is 5.46. The monoisotopic (exact) mass is 409 g/mol. The van der Waals surface area contributed by atoms with Crippen molar-refractivity contribution in [1.82, 2.24) is 4.90 Å². The fourth-order valence-corrected chi connectivity index (χ4v) is 3.58. The molecule has 8 heteroatoms. The van der Waals surface area contributed by atoms with E-state index in [1.807, 2.05) is 0 Å². The number of benzene rings is 2. The molecule has 5 nitrogen and oxygen atoms in total. The highest BCUT2D eigenvalue weighted by molar-refractivity contribution is 8.18. The maximum absolute atomic E-state index is 12.6. The lowest BCUT2D eigenvalue weighted by Crippen LogP contribution is -2.27. The first-order valence-electron chi connectivity index (χ1n) is 7.45. The van der Waals surface area contributed by atoms with Crippen LogP contribution in [0.4, 0.5) is 4.79 Å². The molecule has 0 radical (unpaired) electrons. The summed E-state index contributed by atoms with van der Waals surface area (Å²) in [5, 5.41) is 10.1. The number of hydrogen-bond acceptors (Lipinski definition) is 5. The van der Waals surface area contributed by atoms with E-state index in [1.165, 1.54) is 24.1 Å². The Morgan fingerprint density at radius 3 is 2.54 bits per heavy atom. The van der Waals surface area contributed by atoms with Crippen LogP contribution in [0, 0.1) is 0 Å². The fourth-order valence-electron chi connectivity index (χ4n) is 2.39. The maximum Gasteiger partial charge on any atom is 0.293 e. The number of thioether (sulfide) groups is 1. The number of phenolic OH excluding ortho intramolecular Hbond substituents is 1. The number of carbonyl (C=O) groups excluding carboxylic acids is 2. The van der Waals surface area contributed by atoms with Gasteiger partial charge in [0.15, 0.2) is 11.5 Å². The van der Waals surface area contributed by atoms with Gasteiger partial charge in [0.25, 0.3) is 11.1 Å². The minimum Gasteiger partial charge on any atom is -0.503 e. The predicted molar refractivity (Wildman–Crippen MR) is 103 cm³/mol. The van der Waals surface area contributed by atoms with Crippen molar-refractivity contribution in [3.63, 3.8) is 0 Å². The van der Waals surface area contributed by atoms with Crippen molar-refractivity contribution >= 4 is 52.2 Å². The zero-order valence-electron chi connectivity index (χ0n) is 13.5. The van der Waals surface area contributed by atoms with Gasteiger partial charge >= 0.3 is 0 Å². The first-order valence-corrected chi connectivity index (χ1v) is 9.02. The molecule has 26 heavy (non-hydrogen) atoms. The number of ether oxygens (including phenoxy) is 1. The number of carbonyl (C=O) groups is 2. The summed E-state index contributed by atoms with van der Waals surface area (Å²) in [4.78, 5) is 26.2. The number of phenols is 1. The minimum absolute atomic E-state index is 0.0935. The van der Waals surface area contributed by atoms with Gasteiger partial charge in [-0.2, -0.15) is 0 Å². The van der Waals surface area contributed by atoms with Gasteiger partial charge in [-0.3, -0.25) is 14.5 Å². The lowest BCUT2D eigenvalue weighted by atomic mass is 10.1. The van der Waals surface area contributed by atoms with Crippen LogP contribution in [0.3, 0.4) is 0 Å². The highest BCUT2D eigenvalue weighted by Gasteiger charge is 2.35. The van der Waals surface area contributed by atoms with Crippen LogP contribution in [0.5, 0.6) is 11.5 Å². The van der Waals surface area contributed by atoms with E-state index >= 15 is 0 Å². The molecule has 0 atom stereocenters. The van der Waals surface area contributed by atoms with Crippen molar-refractivity contribution < 1.29 is 19.4 Å². The quantitative estimate of drug-likeness (QED) is 0.723. The van der Waals surface area contributed by atoms with Crippen LogP contribution in [-0.4, -0.2) is 28.3 Å². The molecule has 2 aromatic carbocycles. The molecule has 1 saturated heterocycles. The summed E-state index contributed by atoms with van der Waals surface area (Å²) in [6.07, 6.45) is 1.54. The Bertz CT molecular complexity index is 912. The molecule has 1 aliphatic heterocycles. The predicted octanol–water partition coefficient (Wildman–Crippen LogP) is 4.94. The molecule has 2 aromatic rings. The molecule has 0 spiro atoms. The van der Waals surface area contributed by atoms with E-state index < -0.39 is 5.91 Å². The number of rotatable bonds is 4. The molecule has 3 rings (SSSR count). The SMILES string of the molecule is COc1cc(/C=C2\SC(=O)N(Cc3ccc(Cl)cc3)C2=O)cc(Cl)c1O. The molecule has 1 fully saturated rings. The zero-order chi connectivity index (χ0) is 18.8. The van der Waals surface area contributed by atoms with Gasteiger partial charge in [0.2, 0.25) is 0 Å². The topological polar surface area (TPSA) is 66.8 Å². The van der Waals surface area contributed by atoms with Crippen LogP contribution in [-0.2, 0) is 11.3 Å². The van der Waals surface area contributed by atoms with E-state index in [4.69, 9.17) is 27.9 Å². The van der Waals surface area contributed by atoms with E-state index in [-0.39, 0.29) is 33.2 Å². The van der Waals surface area contributed by atoms with Crippen LogP contribution in [0.15, 0.2) is 41.3 Å². The Morgan fingerprint density at radius 1 is 1.19 bits per heavy atom. The lowest BCUT2D eigenvalue weighted by Gasteiger charge is -2.12. The standard InChI is InChI=1S/C18H13Cl2NO4S/c1-25-14-7-11(6-13(20)16(14)22)8-15-17(23)21(18(24)26-15)9-10-2-4-12(19)5-3-10/h2-8,22H,9H2,1H3/b15-8-. The van der Waals surface area contributed by atoms with E-state index in [9.17, 15) is 14.7 Å². The highest BCUT2D eigenvalue weighted by Crippen LogP contribution is 2.38. The second-order valence-corrected chi connectivity index (χ2v) is 7.28. The molecule has 1 aliphatic rings. The second kappa shape index (κ2) is 7.61. The summed E-state index contributed by atoms with van der Waals surface area (Å²) in [5.41, 5.74) is 1.34. The van der Waals surface area contributed by atoms with Crippen molar-refractivity contribution in [3.8, 4) is 11.5 Å². The third-order valence-corrected chi connectivity index (χ3v) is 5.14. The van der Waals surface area contributed by atoms with Crippen LogP contribution < -0.4 is 4.74 Å². The third-order valence-electron chi connectivity index (χ3n) is 3.70. The molecule has 2 amide bonds. The minimum atomic E-state index is -0.391. The van der Waals surface area contributed by atoms with Gasteiger partial charge in [-0.1, -0.05) is 35.3 Å². The van der Waals surface area contributed by atoms with Crippen molar-refractivity contribution in [1.29, 1.82) is 0 Å². The van der Waals surface area contributed by atoms with Gasteiger partial charge in [0.05, 0.1) is 23.6 Å². The van der Waals surface area contributed by atoms with Gasteiger partial charge in [0, 0.05) is 5.02 Å². The Balaban J connectivity index is 1.85. The molecule has 0 bridgehead atoms. The number of nitrogens with zero attached hydrogens (tertiary/aromatic N) is 1.